The van der Waals surface area contributed by atoms with Crippen molar-refractivity contribution in [2.24, 2.45) is 0 Å². The highest BCUT2D eigenvalue weighted by Crippen LogP contribution is 2.33. The third kappa shape index (κ3) is 4.82. The van der Waals surface area contributed by atoms with Crippen LogP contribution in [0.3, 0.4) is 0 Å². The van der Waals surface area contributed by atoms with Crippen LogP contribution in [0.25, 0.3) is 22.3 Å². The molecule has 8 nitrogen and oxygen atoms in total. The van der Waals surface area contributed by atoms with Crippen LogP contribution in [-0.2, 0) is 6.42 Å². The van der Waals surface area contributed by atoms with Gasteiger partial charge in [0.2, 0.25) is 5.88 Å². The number of aromatic hydroxyl groups is 1. The smallest absolute Gasteiger partial charge is 0.329 e. The van der Waals surface area contributed by atoms with E-state index in [0.29, 0.717) is 29.3 Å². The molecule has 0 spiro atoms. The average Bonchev–Trinajstić information content (AvgIpc) is 3.42. The van der Waals surface area contributed by atoms with Gasteiger partial charge in [-0.3, -0.25) is 4.57 Å². The molecule has 35 heavy (non-hydrogen) atoms. The molecule has 0 bridgehead atoms. The molecule has 178 valence electrons. The lowest BCUT2D eigenvalue weighted by molar-refractivity contribution is 0.201. The third-order valence-corrected chi connectivity index (χ3v) is 6.44. The van der Waals surface area contributed by atoms with Crippen molar-refractivity contribution in [2.45, 2.75) is 12.5 Å². The van der Waals surface area contributed by atoms with Crippen LogP contribution in [0.2, 0.25) is 0 Å². The molecule has 0 aliphatic rings. The van der Waals surface area contributed by atoms with E-state index in [4.69, 9.17) is 14.8 Å². The second kappa shape index (κ2) is 9.96. The number of hydrogen-bond acceptors (Lipinski definition) is 5. The number of nitrogens with zero attached hydrogens (tertiary/aromatic N) is 2. The van der Waals surface area contributed by atoms with Gasteiger partial charge in [-0.25, -0.2) is 9.78 Å². The summed E-state index contributed by atoms with van der Waals surface area (Å²) in [6.45, 7) is 0.109. The highest BCUT2D eigenvalue weighted by Gasteiger charge is 2.26. The molecule has 0 saturated carbocycles. The molecule has 4 N–H and O–H groups in total. The summed E-state index contributed by atoms with van der Waals surface area (Å²) in [7, 11) is 0. The van der Waals surface area contributed by atoms with Crippen LogP contribution in [0.5, 0.6) is 11.6 Å². The van der Waals surface area contributed by atoms with Crippen LogP contribution < -0.4 is 10.4 Å². The maximum absolute atomic E-state index is 13.2. The van der Waals surface area contributed by atoms with Crippen LogP contribution in [0, 0.1) is 3.57 Å². The van der Waals surface area contributed by atoms with Crippen molar-refractivity contribution < 1.29 is 14.9 Å². The quantitative estimate of drug-likeness (QED) is 0.205. The summed E-state index contributed by atoms with van der Waals surface area (Å²) in [6, 6.07) is 22.1. The number of imidazole rings is 2. The summed E-state index contributed by atoms with van der Waals surface area (Å²) in [5.41, 5.74) is 3.17. The minimum absolute atomic E-state index is 0.0809. The highest BCUT2D eigenvalue weighted by molar-refractivity contribution is 14.1. The number of benzene rings is 3. The molecule has 0 aliphatic carbocycles. The molecule has 1 atom stereocenters. The van der Waals surface area contributed by atoms with Crippen molar-refractivity contribution in [2.75, 3.05) is 13.2 Å². The molecule has 2 aromatic heterocycles. The topological polar surface area (TPSA) is 116 Å². The summed E-state index contributed by atoms with van der Waals surface area (Å²) in [4.78, 5) is 24.1. The molecule has 3 aromatic carbocycles. The number of aromatic nitrogens is 4. The average molecular weight is 582 g/mol. The Balaban J connectivity index is 1.58. The van der Waals surface area contributed by atoms with Gasteiger partial charge in [-0.15, -0.1) is 0 Å². The van der Waals surface area contributed by atoms with Crippen molar-refractivity contribution in [3.8, 4) is 22.9 Å². The van der Waals surface area contributed by atoms with Gasteiger partial charge in [0, 0.05) is 15.6 Å². The minimum atomic E-state index is -0.563. The van der Waals surface area contributed by atoms with Gasteiger partial charge in [-0.2, -0.15) is 0 Å². The Labute approximate surface area is 214 Å². The Kier molecular flexibility index (Phi) is 6.60. The zero-order valence-electron chi connectivity index (χ0n) is 18.6. The number of rotatable bonds is 8. The van der Waals surface area contributed by atoms with Crippen LogP contribution in [0.4, 0.5) is 0 Å². The molecule has 5 aromatic rings. The zero-order valence-corrected chi connectivity index (χ0v) is 20.8. The summed E-state index contributed by atoms with van der Waals surface area (Å²) in [5.74, 6) is 1.000. The summed E-state index contributed by atoms with van der Waals surface area (Å²) in [5, 5.41) is 20.2. The number of hydrogen-bond donors (Lipinski definition) is 4. The predicted octanol–water partition coefficient (Wildman–Crippen LogP) is 4.23. The van der Waals surface area contributed by atoms with Crippen molar-refractivity contribution in [1.29, 1.82) is 0 Å². The van der Waals surface area contributed by atoms with E-state index in [1.807, 2.05) is 48.5 Å². The van der Waals surface area contributed by atoms with Gasteiger partial charge in [0.1, 0.15) is 29.9 Å². The van der Waals surface area contributed by atoms with Crippen molar-refractivity contribution in [3.05, 3.63) is 98.2 Å². The van der Waals surface area contributed by atoms with E-state index in [9.17, 15) is 9.90 Å². The van der Waals surface area contributed by atoms with Crippen molar-refractivity contribution >= 4 is 33.6 Å². The molecule has 0 unspecified atom stereocenters. The second-order valence-corrected chi connectivity index (χ2v) is 9.33. The van der Waals surface area contributed by atoms with Crippen LogP contribution in [-0.4, -0.2) is 42.9 Å². The van der Waals surface area contributed by atoms with E-state index in [1.165, 1.54) is 4.57 Å². The van der Waals surface area contributed by atoms with Gasteiger partial charge < -0.3 is 24.9 Å². The van der Waals surface area contributed by atoms with Crippen LogP contribution in [0.15, 0.2) is 77.6 Å². The van der Waals surface area contributed by atoms with Crippen LogP contribution in [0.1, 0.15) is 17.4 Å². The maximum atomic E-state index is 13.2. The third-order valence-electron chi connectivity index (χ3n) is 5.77. The number of aromatic amines is 2. The Hall–Kier alpha value is -3.57. The van der Waals surface area contributed by atoms with E-state index >= 15 is 0 Å². The molecule has 5 rings (SSSR count). The first-order chi connectivity index (χ1) is 17.0. The van der Waals surface area contributed by atoms with E-state index in [1.54, 1.807) is 24.3 Å². The molecule has 0 amide bonds. The molecule has 9 heteroatoms. The minimum Gasteiger partial charge on any atom is -0.493 e. The molecule has 0 saturated heterocycles. The van der Waals surface area contributed by atoms with E-state index in [2.05, 4.69) is 32.6 Å². The fraction of sp³-hybridized carbons (Fsp3) is 0.154. The van der Waals surface area contributed by atoms with Gasteiger partial charge in [-0.05, 0) is 70.6 Å². The number of ether oxygens (including phenoxy) is 1. The van der Waals surface area contributed by atoms with Crippen LogP contribution >= 0.6 is 22.6 Å². The first-order valence-electron chi connectivity index (χ1n) is 11.1. The van der Waals surface area contributed by atoms with Crippen molar-refractivity contribution in [3.63, 3.8) is 0 Å². The summed E-state index contributed by atoms with van der Waals surface area (Å²) < 4.78 is 7.82. The normalized spacial score (nSPS) is 12.2. The van der Waals surface area contributed by atoms with Gasteiger partial charge in [0.05, 0.1) is 17.6 Å². The molecule has 0 fully saturated rings. The fourth-order valence-electron chi connectivity index (χ4n) is 4.12. The predicted molar refractivity (Wildman–Crippen MR) is 142 cm³/mol. The number of aliphatic hydroxyl groups is 1. The van der Waals surface area contributed by atoms with E-state index in [-0.39, 0.29) is 19.1 Å². The van der Waals surface area contributed by atoms with Crippen molar-refractivity contribution in [1.82, 2.24) is 19.5 Å². The Bertz CT molecular complexity index is 1510. The van der Waals surface area contributed by atoms with Gasteiger partial charge in [-0.1, -0.05) is 30.3 Å². The monoisotopic (exact) mass is 582 g/mol. The lowest BCUT2D eigenvalue weighted by atomic mass is 10.1. The Morgan fingerprint density at radius 2 is 1.80 bits per heavy atom. The number of nitrogens with one attached hydrogen (secondary N) is 2. The van der Waals surface area contributed by atoms with Gasteiger partial charge in [0.25, 0.3) is 0 Å². The largest absolute Gasteiger partial charge is 0.493 e. The lowest BCUT2D eigenvalue weighted by Crippen LogP contribution is -2.25. The molecule has 2 heterocycles. The summed E-state index contributed by atoms with van der Waals surface area (Å²) >= 11 is 2.25. The molecule has 0 aliphatic heterocycles. The highest BCUT2D eigenvalue weighted by atomic mass is 127. The second-order valence-electron chi connectivity index (χ2n) is 8.08. The zero-order chi connectivity index (χ0) is 24.4. The molecular weight excluding hydrogens is 559 g/mol. The maximum Gasteiger partial charge on any atom is 0.329 e. The van der Waals surface area contributed by atoms with Gasteiger partial charge in [0.15, 0.2) is 0 Å². The molecular formula is C26H23IN4O4. The Morgan fingerprint density at radius 1 is 1.03 bits per heavy atom. The van der Waals surface area contributed by atoms with Gasteiger partial charge >= 0.3 is 5.69 Å². The number of aliphatic hydroxyl groups excluding tert-OH is 1. The number of fused-ring (bicyclic) bond motifs is 1. The standard InChI is InChI=1S/C26H23IN4O4/c27-18-8-11-20-21(15-18)29-24(28-20)22(14-16-4-2-1-3-5-16)31-25(33)23(30-26(31)34)17-6-9-19(10-7-17)35-13-12-32/h1-11,15,22,32-33H,12-14H2,(H,28,29)(H,30,34)/t22-/m0/s1. The molecule has 0 radical (unpaired) electrons. The van der Waals surface area contributed by atoms with E-state index in [0.717, 1.165) is 20.2 Å². The SMILES string of the molecule is O=c1[nH]c(-c2ccc(OCCO)cc2)c(O)n1[C@@H](Cc1ccccc1)c1nc2ccc(I)cc2[nH]1. The first kappa shape index (κ1) is 23.2. The number of halogens is 1. The Morgan fingerprint density at radius 3 is 2.54 bits per heavy atom. The number of H-pyrrole nitrogens is 2. The fourth-order valence-corrected chi connectivity index (χ4v) is 4.61. The summed E-state index contributed by atoms with van der Waals surface area (Å²) in [6.07, 6.45) is 0.455. The van der Waals surface area contributed by atoms with E-state index < -0.39 is 11.7 Å². The lowest BCUT2D eigenvalue weighted by Gasteiger charge is -2.17. The first-order valence-corrected chi connectivity index (χ1v) is 12.2.